The third-order valence-electron chi connectivity index (χ3n) is 3.39. The van der Waals surface area contributed by atoms with E-state index >= 15 is 0 Å². The van der Waals surface area contributed by atoms with E-state index in [0.29, 0.717) is 6.04 Å². The third kappa shape index (κ3) is 3.13. The van der Waals surface area contributed by atoms with Crippen LogP contribution in [0.4, 0.5) is 11.4 Å². The Morgan fingerprint density at radius 3 is 3.00 bits per heavy atom. The number of hydrogen-bond donors (Lipinski definition) is 1. The molecule has 0 amide bonds. The predicted octanol–water partition coefficient (Wildman–Crippen LogP) is 2.04. The van der Waals surface area contributed by atoms with E-state index in [4.69, 9.17) is 0 Å². The maximum absolute atomic E-state index is 4.34. The van der Waals surface area contributed by atoms with Crippen LogP contribution in [0.3, 0.4) is 0 Å². The van der Waals surface area contributed by atoms with E-state index in [1.807, 2.05) is 12.4 Å². The molecule has 0 aromatic carbocycles. The second-order valence-electron chi connectivity index (χ2n) is 5.21. The summed E-state index contributed by atoms with van der Waals surface area (Å²) in [6.45, 7) is 5.31. The summed E-state index contributed by atoms with van der Waals surface area (Å²) in [5.41, 5.74) is 2.36. The summed E-state index contributed by atoms with van der Waals surface area (Å²) in [5.74, 6) is 0. The highest BCUT2D eigenvalue weighted by Gasteiger charge is 2.25. The first-order chi connectivity index (χ1) is 8.70. The standard InChI is InChI=1S/C14H24N4/c1-4-16-12-8-14(10-15-9-12)18-7-5-6-13(18)11-17(2)3/h8-10,13,16H,4-7,11H2,1-3H3. The van der Waals surface area contributed by atoms with Crippen LogP contribution in [0, 0.1) is 0 Å². The van der Waals surface area contributed by atoms with Gasteiger partial charge in [-0.05, 0) is 39.9 Å². The molecule has 0 radical (unpaired) electrons. The molecule has 2 heterocycles. The minimum atomic E-state index is 0.624. The normalized spacial score (nSPS) is 19.6. The molecular weight excluding hydrogens is 224 g/mol. The van der Waals surface area contributed by atoms with Gasteiger partial charge in [-0.15, -0.1) is 0 Å². The fourth-order valence-electron chi connectivity index (χ4n) is 2.67. The molecule has 1 N–H and O–H groups in total. The molecule has 1 aromatic heterocycles. The summed E-state index contributed by atoms with van der Waals surface area (Å²) in [4.78, 5) is 9.11. The van der Waals surface area contributed by atoms with Crippen LogP contribution in [0.15, 0.2) is 18.5 Å². The number of likely N-dealkylation sites (N-methyl/N-ethyl adjacent to an activating group) is 1. The summed E-state index contributed by atoms with van der Waals surface area (Å²) in [6.07, 6.45) is 6.44. The monoisotopic (exact) mass is 248 g/mol. The zero-order valence-corrected chi connectivity index (χ0v) is 11.7. The number of aromatic nitrogens is 1. The summed E-state index contributed by atoms with van der Waals surface area (Å²) in [7, 11) is 4.29. The van der Waals surface area contributed by atoms with E-state index in [1.54, 1.807) is 0 Å². The highest BCUT2D eigenvalue weighted by atomic mass is 15.2. The highest BCUT2D eigenvalue weighted by Crippen LogP contribution is 2.26. The molecule has 1 fully saturated rings. The first-order valence-electron chi connectivity index (χ1n) is 6.81. The van der Waals surface area contributed by atoms with Gasteiger partial charge in [0.15, 0.2) is 0 Å². The van der Waals surface area contributed by atoms with Gasteiger partial charge in [0, 0.05) is 25.7 Å². The topological polar surface area (TPSA) is 31.4 Å². The smallest absolute Gasteiger partial charge is 0.0576 e. The Balaban J connectivity index is 2.11. The molecule has 0 bridgehead atoms. The van der Waals surface area contributed by atoms with Gasteiger partial charge < -0.3 is 15.1 Å². The van der Waals surface area contributed by atoms with Gasteiger partial charge in [-0.1, -0.05) is 0 Å². The second-order valence-corrected chi connectivity index (χ2v) is 5.21. The quantitative estimate of drug-likeness (QED) is 0.864. The molecule has 1 saturated heterocycles. The number of pyridine rings is 1. The summed E-state index contributed by atoms with van der Waals surface area (Å²) in [6, 6.07) is 2.84. The van der Waals surface area contributed by atoms with Crippen molar-refractivity contribution >= 4 is 11.4 Å². The SMILES string of the molecule is CCNc1cncc(N2CCCC2CN(C)C)c1. The van der Waals surface area contributed by atoms with Gasteiger partial charge >= 0.3 is 0 Å². The molecule has 0 spiro atoms. The molecule has 2 rings (SSSR count). The maximum atomic E-state index is 4.34. The van der Waals surface area contributed by atoms with Crippen LogP contribution in [0.5, 0.6) is 0 Å². The Labute approximate surface area is 110 Å². The molecule has 1 aromatic rings. The van der Waals surface area contributed by atoms with E-state index < -0.39 is 0 Å². The molecule has 1 atom stereocenters. The Bertz CT molecular complexity index is 378. The first-order valence-corrected chi connectivity index (χ1v) is 6.81. The molecule has 100 valence electrons. The summed E-state index contributed by atoms with van der Waals surface area (Å²) < 4.78 is 0. The lowest BCUT2D eigenvalue weighted by atomic mass is 10.2. The van der Waals surface area contributed by atoms with Crippen LogP contribution in [0.1, 0.15) is 19.8 Å². The van der Waals surface area contributed by atoms with Crippen LogP contribution < -0.4 is 10.2 Å². The van der Waals surface area contributed by atoms with Crippen LogP contribution in [-0.2, 0) is 0 Å². The molecule has 1 aliphatic rings. The van der Waals surface area contributed by atoms with Crippen LogP contribution in [0.2, 0.25) is 0 Å². The number of nitrogens with zero attached hydrogens (tertiary/aromatic N) is 3. The van der Waals surface area contributed by atoms with Gasteiger partial charge in [0.2, 0.25) is 0 Å². The van der Waals surface area contributed by atoms with Gasteiger partial charge in [-0.3, -0.25) is 4.98 Å². The van der Waals surface area contributed by atoms with E-state index in [-0.39, 0.29) is 0 Å². The zero-order chi connectivity index (χ0) is 13.0. The Morgan fingerprint density at radius 2 is 2.28 bits per heavy atom. The van der Waals surface area contributed by atoms with E-state index in [2.05, 4.69) is 47.2 Å². The van der Waals surface area contributed by atoms with Gasteiger partial charge in [-0.25, -0.2) is 0 Å². The molecule has 0 saturated carbocycles. The van der Waals surface area contributed by atoms with Gasteiger partial charge in [0.1, 0.15) is 0 Å². The lowest BCUT2D eigenvalue weighted by Crippen LogP contribution is -2.37. The largest absolute Gasteiger partial charge is 0.384 e. The molecule has 4 heteroatoms. The van der Waals surface area contributed by atoms with E-state index in [0.717, 1.165) is 25.3 Å². The van der Waals surface area contributed by atoms with Crippen molar-refractivity contribution in [2.75, 3.05) is 43.9 Å². The predicted molar refractivity (Wildman–Crippen MR) is 77.3 cm³/mol. The number of nitrogens with one attached hydrogen (secondary N) is 1. The second kappa shape index (κ2) is 6.05. The minimum absolute atomic E-state index is 0.624. The van der Waals surface area contributed by atoms with Crippen LogP contribution in [0.25, 0.3) is 0 Å². The van der Waals surface area contributed by atoms with E-state index in [9.17, 15) is 0 Å². The van der Waals surface area contributed by atoms with Crippen molar-refractivity contribution in [3.63, 3.8) is 0 Å². The van der Waals surface area contributed by atoms with Crippen molar-refractivity contribution in [3.05, 3.63) is 18.5 Å². The average molecular weight is 248 g/mol. The van der Waals surface area contributed by atoms with Crippen molar-refractivity contribution in [2.24, 2.45) is 0 Å². The number of rotatable bonds is 5. The lowest BCUT2D eigenvalue weighted by molar-refractivity contribution is 0.372. The lowest BCUT2D eigenvalue weighted by Gasteiger charge is -2.29. The zero-order valence-electron chi connectivity index (χ0n) is 11.7. The minimum Gasteiger partial charge on any atom is -0.384 e. The Morgan fingerprint density at radius 1 is 1.44 bits per heavy atom. The van der Waals surface area contributed by atoms with Crippen molar-refractivity contribution in [3.8, 4) is 0 Å². The molecule has 1 unspecified atom stereocenters. The fourth-order valence-corrected chi connectivity index (χ4v) is 2.67. The number of hydrogen-bond acceptors (Lipinski definition) is 4. The van der Waals surface area contributed by atoms with Crippen molar-refractivity contribution < 1.29 is 0 Å². The number of anilines is 2. The molecule has 4 nitrogen and oxygen atoms in total. The van der Waals surface area contributed by atoms with Gasteiger partial charge in [0.05, 0.1) is 23.8 Å². The molecule has 1 aliphatic heterocycles. The highest BCUT2D eigenvalue weighted by molar-refractivity contribution is 5.56. The first kappa shape index (κ1) is 13.1. The molecule has 0 aliphatic carbocycles. The Kier molecular flexibility index (Phi) is 4.42. The molecular formula is C14H24N4. The van der Waals surface area contributed by atoms with Gasteiger partial charge in [0.25, 0.3) is 0 Å². The summed E-state index contributed by atoms with van der Waals surface area (Å²) >= 11 is 0. The van der Waals surface area contributed by atoms with Crippen molar-refractivity contribution in [1.29, 1.82) is 0 Å². The maximum Gasteiger partial charge on any atom is 0.0576 e. The molecule has 18 heavy (non-hydrogen) atoms. The Hall–Kier alpha value is -1.29. The third-order valence-corrected chi connectivity index (χ3v) is 3.39. The summed E-state index contributed by atoms with van der Waals surface area (Å²) in [5, 5.41) is 3.33. The van der Waals surface area contributed by atoms with Crippen LogP contribution >= 0.6 is 0 Å². The average Bonchev–Trinajstić information content (AvgIpc) is 2.77. The van der Waals surface area contributed by atoms with Gasteiger partial charge in [-0.2, -0.15) is 0 Å². The van der Waals surface area contributed by atoms with E-state index in [1.165, 1.54) is 18.5 Å². The van der Waals surface area contributed by atoms with Crippen LogP contribution in [-0.4, -0.2) is 49.7 Å². The van der Waals surface area contributed by atoms with Crippen molar-refractivity contribution in [1.82, 2.24) is 9.88 Å². The van der Waals surface area contributed by atoms with Crippen molar-refractivity contribution in [2.45, 2.75) is 25.8 Å². The fraction of sp³-hybridized carbons (Fsp3) is 0.643.